The normalized spacial score (nSPS) is 16.5. The molecule has 3 rings (SSSR count). The number of aliphatic imine (C=N–C) groups is 1. The van der Waals surface area contributed by atoms with E-state index < -0.39 is 16.4 Å². The van der Waals surface area contributed by atoms with Gasteiger partial charge in [-0.05, 0) is 43.4 Å². The lowest BCUT2D eigenvalue weighted by Gasteiger charge is -2.25. The maximum atomic E-state index is 11.0. The van der Waals surface area contributed by atoms with Gasteiger partial charge in [-0.2, -0.15) is 0 Å². The Morgan fingerprint density at radius 1 is 1.44 bits per heavy atom. The van der Waals surface area contributed by atoms with Gasteiger partial charge in [-0.1, -0.05) is 17.7 Å². The highest BCUT2D eigenvalue weighted by Crippen LogP contribution is 2.33. The first-order valence-corrected chi connectivity index (χ1v) is 9.26. The average Bonchev–Trinajstić information content (AvgIpc) is 3.27. The monoisotopic (exact) mass is 379 g/mol. The van der Waals surface area contributed by atoms with Crippen LogP contribution in [0.3, 0.4) is 0 Å². The molecule has 0 unspecified atom stereocenters. The van der Waals surface area contributed by atoms with Crippen molar-refractivity contribution in [2.24, 2.45) is 4.99 Å². The summed E-state index contributed by atoms with van der Waals surface area (Å²) in [6.07, 6.45) is 3.84. The van der Waals surface area contributed by atoms with Crippen LogP contribution in [-0.4, -0.2) is 40.8 Å². The highest BCUT2D eigenvalue weighted by Gasteiger charge is 2.24. The molecule has 1 aromatic heterocycles. The van der Waals surface area contributed by atoms with Crippen LogP contribution in [0.25, 0.3) is 0 Å². The van der Waals surface area contributed by atoms with E-state index in [0.29, 0.717) is 6.54 Å². The standard InChI is InChI=1S/C17H18ClN3O3S/c18-13-8-12(17(22)14(9-13)21(23)24)10-19-11-15(16-4-3-7-25-16)20-5-1-2-6-20/h3-4,7-10,15,22H,1-2,5-6,11H2/t15-/m1/s1. The lowest BCUT2D eigenvalue weighted by molar-refractivity contribution is -0.385. The summed E-state index contributed by atoms with van der Waals surface area (Å²) in [5, 5.41) is 23.3. The van der Waals surface area contributed by atoms with E-state index in [2.05, 4.69) is 16.0 Å². The number of rotatable bonds is 6. The second-order valence-electron chi connectivity index (χ2n) is 5.89. The van der Waals surface area contributed by atoms with Crippen LogP contribution in [-0.2, 0) is 0 Å². The molecule has 0 radical (unpaired) electrons. The zero-order valence-corrected chi connectivity index (χ0v) is 15.0. The van der Waals surface area contributed by atoms with Crippen molar-refractivity contribution in [3.8, 4) is 5.75 Å². The number of nitro groups is 1. The van der Waals surface area contributed by atoms with Crippen molar-refractivity contribution >= 4 is 34.8 Å². The first-order chi connectivity index (χ1) is 12.1. The van der Waals surface area contributed by atoms with E-state index in [1.165, 1.54) is 30.0 Å². The van der Waals surface area contributed by atoms with E-state index in [1.54, 1.807) is 11.3 Å². The number of nitrogens with zero attached hydrogens (tertiary/aromatic N) is 3. The lowest BCUT2D eigenvalue weighted by atomic mass is 10.2. The predicted molar refractivity (Wildman–Crippen MR) is 100 cm³/mol. The summed E-state index contributed by atoms with van der Waals surface area (Å²) in [7, 11) is 0. The summed E-state index contributed by atoms with van der Waals surface area (Å²) in [5.41, 5.74) is -0.158. The van der Waals surface area contributed by atoms with Crippen molar-refractivity contribution < 1.29 is 10.0 Å². The minimum atomic E-state index is -0.656. The molecule has 0 saturated carbocycles. The molecule has 6 nitrogen and oxygen atoms in total. The van der Waals surface area contributed by atoms with Crippen molar-refractivity contribution in [2.75, 3.05) is 19.6 Å². The average molecular weight is 380 g/mol. The van der Waals surface area contributed by atoms with Crippen LogP contribution in [0.5, 0.6) is 5.75 Å². The molecular weight excluding hydrogens is 362 g/mol. The summed E-state index contributed by atoms with van der Waals surface area (Å²) in [5.74, 6) is -0.410. The fraction of sp³-hybridized carbons (Fsp3) is 0.353. The van der Waals surface area contributed by atoms with E-state index in [-0.39, 0.29) is 16.6 Å². The summed E-state index contributed by atoms with van der Waals surface area (Å²) < 4.78 is 0. The summed E-state index contributed by atoms with van der Waals surface area (Å²) >= 11 is 7.61. The topological polar surface area (TPSA) is 79.0 Å². The number of benzene rings is 1. The number of hydrogen-bond donors (Lipinski definition) is 1. The molecular formula is C17H18ClN3O3S. The van der Waals surface area contributed by atoms with Crippen LogP contribution in [0.2, 0.25) is 5.02 Å². The molecule has 2 heterocycles. The number of phenols is 1. The Hall–Kier alpha value is -1.96. The van der Waals surface area contributed by atoms with Crippen LogP contribution in [0.1, 0.15) is 29.3 Å². The van der Waals surface area contributed by atoms with Crippen LogP contribution in [0, 0.1) is 10.1 Å². The van der Waals surface area contributed by atoms with E-state index in [4.69, 9.17) is 11.6 Å². The largest absolute Gasteiger partial charge is 0.502 e. The van der Waals surface area contributed by atoms with Crippen molar-refractivity contribution in [1.29, 1.82) is 0 Å². The molecule has 0 aliphatic carbocycles. The lowest BCUT2D eigenvalue weighted by Crippen LogP contribution is -2.27. The molecule has 1 aromatic carbocycles. The molecule has 0 bridgehead atoms. The third-order valence-corrected chi connectivity index (χ3v) is 5.43. The number of phenolic OH excluding ortho intramolecular Hbond substituents is 1. The number of hydrogen-bond acceptors (Lipinski definition) is 6. The Labute approximate surface area is 154 Å². The quantitative estimate of drug-likeness (QED) is 0.461. The Kier molecular flexibility index (Phi) is 5.67. The molecule has 1 N–H and O–H groups in total. The minimum absolute atomic E-state index is 0.190. The number of likely N-dealkylation sites (tertiary alicyclic amines) is 1. The Balaban J connectivity index is 1.80. The van der Waals surface area contributed by atoms with Gasteiger partial charge in [-0.25, -0.2) is 0 Å². The highest BCUT2D eigenvalue weighted by atomic mass is 35.5. The van der Waals surface area contributed by atoms with Crippen molar-refractivity contribution in [3.05, 3.63) is 55.2 Å². The van der Waals surface area contributed by atoms with Gasteiger partial charge in [0.2, 0.25) is 5.75 Å². The van der Waals surface area contributed by atoms with Gasteiger partial charge in [0.1, 0.15) is 0 Å². The van der Waals surface area contributed by atoms with E-state index in [1.807, 2.05) is 11.4 Å². The molecule has 0 spiro atoms. The molecule has 1 fully saturated rings. The molecule has 1 aliphatic heterocycles. The third-order valence-electron chi connectivity index (χ3n) is 4.24. The second-order valence-corrected chi connectivity index (χ2v) is 7.30. The Morgan fingerprint density at radius 3 is 2.84 bits per heavy atom. The van der Waals surface area contributed by atoms with Gasteiger partial charge in [-0.3, -0.25) is 20.0 Å². The Morgan fingerprint density at radius 2 is 2.20 bits per heavy atom. The summed E-state index contributed by atoms with van der Waals surface area (Å²) in [6, 6.07) is 6.93. The van der Waals surface area contributed by atoms with Gasteiger partial charge >= 0.3 is 5.69 Å². The first kappa shape index (κ1) is 17.8. The molecule has 8 heteroatoms. The number of nitro benzene ring substituents is 1. The highest BCUT2D eigenvalue weighted by molar-refractivity contribution is 7.10. The van der Waals surface area contributed by atoms with Crippen LogP contribution >= 0.6 is 22.9 Å². The molecule has 2 aromatic rings. The first-order valence-electron chi connectivity index (χ1n) is 8.00. The fourth-order valence-electron chi connectivity index (χ4n) is 3.01. The maximum Gasteiger partial charge on any atom is 0.312 e. The van der Waals surface area contributed by atoms with E-state index in [0.717, 1.165) is 19.2 Å². The SMILES string of the molecule is O=[N+]([O-])c1cc(Cl)cc(C=NC[C@H](c2cccs2)N2CCCC2)c1O. The number of aromatic hydroxyl groups is 1. The second kappa shape index (κ2) is 7.95. The number of thiophene rings is 1. The smallest absolute Gasteiger partial charge is 0.312 e. The van der Waals surface area contributed by atoms with E-state index in [9.17, 15) is 15.2 Å². The zero-order chi connectivity index (χ0) is 17.8. The van der Waals surface area contributed by atoms with Crippen LogP contribution in [0.15, 0.2) is 34.6 Å². The minimum Gasteiger partial charge on any atom is -0.502 e. The molecule has 25 heavy (non-hydrogen) atoms. The number of halogens is 1. The predicted octanol–water partition coefficient (Wildman–Crippen LogP) is 4.27. The van der Waals surface area contributed by atoms with Crippen molar-refractivity contribution in [3.63, 3.8) is 0 Å². The van der Waals surface area contributed by atoms with Gasteiger partial charge in [0.15, 0.2) is 0 Å². The summed E-state index contributed by atoms with van der Waals surface area (Å²) in [4.78, 5) is 18.4. The Bertz CT molecular complexity index is 774. The van der Waals surface area contributed by atoms with Gasteiger partial charge in [-0.15, -0.1) is 11.3 Å². The van der Waals surface area contributed by atoms with E-state index >= 15 is 0 Å². The molecule has 0 amide bonds. The summed E-state index contributed by atoms with van der Waals surface area (Å²) in [6.45, 7) is 2.62. The zero-order valence-electron chi connectivity index (χ0n) is 13.5. The van der Waals surface area contributed by atoms with Gasteiger partial charge < -0.3 is 5.11 Å². The fourth-order valence-corrected chi connectivity index (χ4v) is 4.09. The molecule has 132 valence electrons. The van der Waals surface area contributed by atoms with Crippen molar-refractivity contribution in [1.82, 2.24) is 4.90 Å². The van der Waals surface area contributed by atoms with Crippen LogP contribution < -0.4 is 0 Å². The van der Waals surface area contributed by atoms with Gasteiger partial charge in [0.25, 0.3) is 0 Å². The van der Waals surface area contributed by atoms with Crippen molar-refractivity contribution in [2.45, 2.75) is 18.9 Å². The van der Waals surface area contributed by atoms with Gasteiger partial charge in [0.05, 0.1) is 17.5 Å². The van der Waals surface area contributed by atoms with Crippen LogP contribution in [0.4, 0.5) is 5.69 Å². The molecule has 1 saturated heterocycles. The molecule has 1 atom stereocenters. The van der Waals surface area contributed by atoms with Gasteiger partial charge in [0, 0.05) is 27.7 Å². The molecule has 1 aliphatic rings. The third kappa shape index (κ3) is 4.18. The maximum absolute atomic E-state index is 11.0.